The number of allylic oxidation sites excluding steroid dienone is 1. The quantitative estimate of drug-likeness (QED) is 0.134. The molecule has 0 unspecified atom stereocenters. The Hall–Kier alpha value is -3.27. The van der Waals surface area contributed by atoms with Gasteiger partial charge in [-0.05, 0) is 57.8 Å². The lowest BCUT2D eigenvalue weighted by Crippen LogP contribution is -2.68. The standard InChI is InChI=1S/C38H43ClO2Si/c1-29(31-19-11-6-12-20-31)25-32-26-35(39)37(27-36(32)40-28-30-17-9-5-10-18-30)41-42(38(2,3)4,33-21-13-7-14-22-33)34-23-15-8-16-24-34/h5,7-10,13-18,21-24,26-27,31H,1,6,11-12,19-20,25,28H2,2-4H3. The van der Waals surface area contributed by atoms with Crippen molar-refractivity contribution >= 4 is 30.3 Å². The fourth-order valence-electron chi connectivity index (χ4n) is 6.38. The molecule has 5 rings (SSSR count). The maximum Gasteiger partial charge on any atom is 0.320 e. The predicted molar refractivity (Wildman–Crippen MR) is 180 cm³/mol. The van der Waals surface area contributed by atoms with E-state index in [-0.39, 0.29) is 5.04 Å². The van der Waals surface area contributed by atoms with Crippen LogP contribution in [-0.4, -0.2) is 8.32 Å². The topological polar surface area (TPSA) is 18.5 Å². The molecule has 4 aromatic carbocycles. The molecule has 1 aliphatic carbocycles. The first kappa shape index (κ1) is 30.2. The van der Waals surface area contributed by atoms with Crippen molar-refractivity contribution in [3.63, 3.8) is 0 Å². The Bertz CT molecular complexity index is 1420. The lowest BCUT2D eigenvalue weighted by molar-refractivity contribution is 0.301. The van der Waals surface area contributed by atoms with Crippen LogP contribution in [-0.2, 0) is 13.0 Å². The minimum atomic E-state index is -2.87. The van der Waals surface area contributed by atoms with Gasteiger partial charge in [-0.2, -0.15) is 0 Å². The molecule has 4 heteroatoms. The molecule has 0 saturated heterocycles. The second-order valence-corrected chi connectivity index (χ2v) is 17.2. The van der Waals surface area contributed by atoms with Crippen molar-refractivity contribution in [3.05, 3.63) is 131 Å². The Morgan fingerprint density at radius 3 is 1.88 bits per heavy atom. The molecule has 1 aliphatic rings. The number of benzene rings is 4. The summed E-state index contributed by atoms with van der Waals surface area (Å²) >= 11 is 7.13. The molecule has 0 spiro atoms. The summed E-state index contributed by atoms with van der Waals surface area (Å²) in [6, 6.07) is 35.7. The number of ether oxygens (including phenoxy) is 1. The van der Waals surface area contributed by atoms with Crippen molar-refractivity contribution in [1.29, 1.82) is 0 Å². The smallest absolute Gasteiger partial charge is 0.320 e. The highest BCUT2D eigenvalue weighted by Crippen LogP contribution is 2.42. The normalized spacial score (nSPS) is 14.4. The SMILES string of the molecule is C=C(Cc1cc(Cl)c(O[Si](c2ccccc2)(c2ccccc2)C(C)(C)C)cc1OCc1ccccc1)C1CCCCC1. The minimum Gasteiger partial charge on any atom is -0.533 e. The second kappa shape index (κ2) is 13.4. The molecule has 0 bridgehead atoms. The van der Waals surface area contributed by atoms with Crippen LogP contribution in [0.1, 0.15) is 64.0 Å². The maximum atomic E-state index is 7.34. The molecular formula is C38H43ClO2Si. The summed E-state index contributed by atoms with van der Waals surface area (Å²) in [6.45, 7) is 11.9. The van der Waals surface area contributed by atoms with Crippen LogP contribution in [0.25, 0.3) is 0 Å². The number of hydrogen-bond acceptors (Lipinski definition) is 2. The van der Waals surface area contributed by atoms with Crippen LogP contribution >= 0.6 is 11.6 Å². The Morgan fingerprint density at radius 2 is 1.33 bits per heavy atom. The Labute approximate surface area is 258 Å². The molecule has 0 aromatic heterocycles. The van der Waals surface area contributed by atoms with Gasteiger partial charge in [-0.25, -0.2) is 0 Å². The van der Waals surface area contributed by atoms with Crippen molar-refractivity contribution in [2.24, 2.45) is 5.92 Å². The van der Waals surface area contributed by atoms with Crippen LogP contribution in [0.5, 0.6) is 11.5 Å². The number of hydrogen-bond donors (Lipinski definition) is 0. The molecule has 218 valence electrons. The molecule has 0 heterocycles. The highest BCUT2D eigenvalue weighted by Gasteiger charge is 2.52. The summed E-state index contributed by atoms with van der Waals surface area (Å²) in [5.41, 5.74) is 3.47. The molecule has 2 nitrogen and oxygen atoms in total. The van der Waals surface area contributed by atoms with Crippen LogP contribution in [0, 0.1) is 5.92 Å². The van der Waals surface area contributed by atoms with E-state index < -0.39 is 8.32 Å². The summed E-state index contributed by atoms with van der Waals surface area (Å²) < 4.78 is 13.9. The highest BCUT2D eigenvalue weighted by atomic mass is 35.5. The van der Waals surface area contributed by atoms with E-state index in [0.29, 0.717) is 23.3 Å². The van der Waals surface area contributed by atoms with Crippen LogP contribution in [0.3, 0.4) is 0 Å². The average molecular weight is 595 g/mol. The predicted octanol–water partition coefficient (Wildman–Crippen LogP) is 9.54. The van der Waals surface area contributed by atoms with E-state index in [1.165, 1.54) is 48.1 Å². The second-order valence-electron chi connectivity index (χ2n) is 12.6. The molecule has 42 heavy (non-hydrogen) atoms. The van der Waals surface area contributed by atoms with Gasteiger partial charge in [0.15, 0.2) is 0 Å². The average Bonchev–Trinajstić information content (AvgIpc) is 3.01. The summed E-state index contributed by atoms with van der Waals surface area (Å²) in [7, 11) is -2.87. The molecule has 0 radical (unpaired) electrons. The zero-order chi connectivity index (χ0) is 29.6. The highest BCUT2D eigenvalue weighted by molar-refractivity contribution is 7.00. The van der Waals surface area contributed by atoms with Gasteiger partial charge >= 0.3 is 8.32 Å². The van der Waals surface area contributed by atoms with Gasteiger partial charge in [-0.15, -0.1) is 0 Å². The van der Waals surface area contributed by atoms with Gasteiger partial charge in [0.25, 0.3) is 0 Å². The van der Waals surface area contributed by atoms with E-state index in [4.69, 9.17) is 20.8 Å². The molecule has 0 atom stereocenters. The van der Waals surface area contributed by atoms with Crippen molar-refractivity contribution in [2.45, 2.75) is 70.9 Å². The molecule has 0 aliphatic heterocycles. The molecule has 0 amide bonds. The summed E-state index contributed by atoms with van der Waals surface area (Å²) in [4.78, 5) is 0. The molecule has 1 fully saturated rings. The lowest BCUT2D eigenvalue weighted by atomic mass is 9.82. The van der Waals surface area contributed by atoms with Crippen molar-refractivity contribution < 1.29 is 9.16 Å². The third-order valence-electron chi connectivity index (χ3n) is 8.63. The van der Waals surface area contributed by atoms with Gasteiger partial charge in [0.1, 0.15) is 18.1 Å². The van der Waals surface area contributed by atoms with E-state index in [2.05, 4.69) is 106 Å². The largest absolute Gasteiger partial charge is 0.533 e. The number of halogens is 1. The zero-order valence-electron chi connectivity index (χ0n) is 25.2. The lowest BCUT2D eigenvalue weighted by Gasteiger charge is -2.43. The summed E-state index contributed by atoms with van der Waals surface area (Å²) in [5, 5.41) is 2.85. The Kier molecular flexibility index (Phi) is 9.60. The van der Waals surface area contributed by atoms with E-state index in [1.807, 2.05) is 24.3 Å². The van der Waals surface area contributed by atoms with Gasteiger partial charge in [-0.1, -0.05) is 155 Å². The first-order valence-corrected chi connectivity index (χ1v) is 17.5. The van der Waals surface area contributed by atoms with E-state index in [9.17, 15) is 0 Å². The molecule has 1 saturated carbocycles. The molecule has 0 N–H and O–H groups in total. The van der Waals surface area contributed by atoms with E-state index in [0.717, 1.165) is 23.3 Å². The minimum absolute atomic E-state index is 0.183. The Balaban J connectivity index is 1.58. The van der Waals surface area contributed by atoms with E-state index >= 15 is 0 Å². The summed E-state index contributed by atoms with van der Waals surface area (Å²) in [5.74, 6) is 2.04. The Morgan fingerprint density at radius 1 is 0.786 bits per heavy atom. The van der Waals surface area contributed by atoms with E-state index in [1.54, 1.807) is 0 Å². The van der Waals surface area contributed by atoms with Crippen molar-refractivity contribution in [1.82, 2.24) is 0 Å². The maximum absolute atomic E-state index is 7.34. The first-order valence-electron chi connectivity index (χ1n) is 15.2. The monoisotopic (exact) mass is 594 g/mol. The van der Waals surface area contributed by atoms with Crippen molar-refractivity contribution in [3.8, 4) is 11.5 Å². The van der Waals surface area contributed by atoms with Gasteiger partial charge in [0.05, 0.1) is 5.02 Å². The first-order chi connectivity index (χ1) is 20.3. The van der Waals surface area contributed by atoms with Crippen LogP contribution < -0.4 is 19.5 Å². The van der Waals surface area contributed by atoms with Crippen LogP contribution in [0.4, 0.5) is 0 Å². The van der Waals surface area contributed by atoms with Gasteiger partial charge in [-0.3, -0.25) is 0 Å². The fraction of sp³-hybridized carbons (Fsp3) is 0.316. The third kappa shape index (κ3) is 6.69. The summed E-state index contributed by atoms with van der Waals surface area (Å²) in [6.07, 6.45) is 7.10. The van der Waals surface area contributed by atoms with Crippen LogP contribution in [0.2, 0.25) is 10.1 Å². The zero-order valence-corrected chi connectivity index (χ0v) is 27.0. The van der Waals surface area contributed by atoms with Gasteiger partial charge < -0.3 is 9.16 Å². The van der Waals surface area contributed by atoms with Crippen molar-refractivity contribution in [2.75, 3.05) is 0 Å². The van der Waals surface area contributed by atoms with Gasteiger partial charge in [0, 0.05) is 6.07 Å². The molecule has 4 aromatic rings. The molecular weight excluding hydrogens is 552 g/mol. The van der Waals surface area contributed by atoms with Gasteiger partial charge in [0.2, 0.25) is 0 Å². The fourth-order valence-corrected chi connectivity index (χ4v) is 11.1. The number of rotatable bonds is 10. The third-order valence-corrected chi connectivity index (χ3v) is 13.9. The van der Waals surface area contributed by atoms with Crippen LogP contribution in [0.15, 0.2) is 115 Å².